The van der Waals surface area contributed by atoms with E-state index in [9.17, 15) is 14.4 Å². The van der Waals surface area contributed by atoms with Crippen molar-refractivity contribution in [2.24, 2.45) is 0 Å². The first-order chi connectivity index (χ1) is 18.8. The van der Waals surface area contributed by atoms with Gasteiger partial charge in [0.15, 0.2) is 28.8 Å². The highest BCUT2D eigenvalue weighted by molar-refractivity contribution is 6.02. The number of benzene rings is 2. The Bertz CT molecular complexity index is 1270. The van der Waals surface area contributed by atoms with E-state index in [1.54, 1.807) is 42.5 Å². The van der Waals surface area contributed by atoms with Crippen LogP contribution in [0.2, 0.25) is 0 Å². The van der Waals surface area contributed by atoms with Crippen LogP contribution < -0.4 is 24.3 Å². The Balaban J connectivity index is 1.81. The summed E-state index contributed by atoms with van der Waals surface area (Å²) in [4.78, 5) is 35.5. The number of hydrogen-bond acceptors (Lipinski definition) is 8. The van der Waals surface area contributed by atoms with E-state index in [2.05, 4.69) is 5.32 Å². The van der Waals surface area contributed by atoms with Gasteiger partial charge < -0.3 is 24.3 Å². The molecule has 8 nitrogen and oxygen atoms in total. The van der Waals surface area contributed by atoms with Gasteiger partial charge in [0.1, 0.15) is 0 Å². The van der Waals surface area contributed by atoms with Gasteiger partial charge in [0.25, 0.3) is 0 Å². The number of rotatable bonds is 11. The molecule has 2 aromatic rings. The van der Waals surface area contributed by atoms with E-state index in [-0.39, 0.29) is 5.78 Å². The highest BCUT2D eigenvalue weighted by Crippen LogP contribution is 2.30. The van der Waals surface area contributed by atoms with Gasteiger partial charge in [-0.3, -0.25) is 14.4 Å². The van der Waals surface area contributed by atoms with Crippen molar-refractivity contribution in [1.29, 1.82) is 0 Å². The van der Waals surface area contributed by atoms with Crippen LogP contribution in [0.4, 0.5) is 0 Å². The van der Waals surface area contributed by atoms with Crippen LogP contribution in [0.3, 0.4) is 0 Å². The van der Waals surface area contributed by atoms with Gasteiger partial charge in [-0.1, -0.05) is 43.5 Å². The number of ketones is 1. The number of nitrogens with one attached hydrogen (secondary N) is 1. The molecule has 0 amide bonds. The molecule has 3 rings (SSSR count). The number of hydrogen-bond donors (Lipinski definition) is 1. The minimum atomic E-state index is -0.443. The highest BCUT2D eigenvalue weighted by atomic mass is 16.6. The Kier molecular flexibility index (Phi) is 10.9. The van der Waals surface area contributed by atoms with Gasteiger partial charge in [-0.15, -0.1) is 0 Å². The van der Waals surface area contributed by atoms with Gasteiger partial charge in [-0.2, -0.15) is 0 Å². The standard InChI is InChI=1S/C31H35NO7/c1-21(33)38-28-16-12-23(18-30(28)36-3)10-14-26(32-25-8-6-5-7-9-25)20-27(35)15-11-24-13-17-29(39-22(2)34)31(19-24)37-4/h10-20,25,32H,5-9H2,1-4H3/b14-10+,15-11+,26-20-. The molecule has 0 unspecified atom stereocenters. The van der Waals surface area contributed by atoms with E-state index >= 15 is 0 Å². The summed E-state index contributed by atoms with van der Waals surface area (Å²) in [6.45, 7) is 2.65. The van der Waals surface area contributed by atoms with Crippen LogP contribution >= 0.6 is 0 Å². The molecule has 1 N–H and O–H groups in total. The molecule has 1 saturated carbocycles. The SMILES string of the molecule is COc1cc(/C=C/C(=O)/C=C(/C=C/c2ccc(OC(C)=O)c(OC)c2)NC2CCCCC2)ccc1OC(C)=O. The molecule has 0 bridgehead atoms. The smallest absolute Gasteiger partial charge is 0.308 e. The van der Waals surface area contributed by atoms with Gasteiger partial charge in [0, 0.05) is 31.7 Å². The second kappa shape index (κ2) is 14.6. The van der Waals surface area contributed by atoms with Crippen molar-refractivity contribution >= 4 is 29.9 Å². The zero-order valence-corrected chi connectivity index (χ0v) is 22.8. The highest BCUT2D eigenvalue weighted by Gasteiger charge is 2.14. The molecular weight excluding hydrogens is 498 g/mol. The Labute approximate surface area is 229 Å². The normalized spacial score (nSPS) is 14.3. The molecule has 0 radical (unpaired) electrons. The van der Waals surface area contributed by atoms with Crippen LogP contribution in [0.15, 0.2) is 60.3 Å². The minimum absolute atomic E-state index is 0.191. The second-order valence-electron chi connectivity index (χ2n) is 9.16. The molecule has 2 aromatic carbocycles. The predicted molar refractivity (Wildman–Crippen MR) is 150 cm³/mol. The Morgan fingerprint density at radius 3 is 1.74 bits per heavy atom. The van der Waals surface area contributed by atoms with Gasteiger partial charge in [-0.05, 0) is 60.4 Å². The fourth-order valence-electron chi connectivity index (χ4n) is 4.24. The Morgan fingerprint density at radius 1 is 0.744 bits per heavy atom. The molecule has 39 heavy (non-hydrogen) atoms. The van der Waals surface area contributed by atoms with Gasteiger partial charge in [0.2, 0.25) is 0 Å². The molecule has 0 saturated heterocycles. The monoisotopic (exact) mass is 533 g/mol. The van der Waals surface area contributed by atoms with E-state index in [0.29, 0.717) is 34.7 Å². The van der Waals surface area contributed by atoms with Crippen molar-refractivity contribution in [3.8, 4) is 23.0 Å². The molecule has 8 heteroatoms. The molecule has 0 aliphatic heterocycles. The number of ether oxygens (including phenoxy) is 4. The van der Waals surface area contributed by atoms with E-state index in [1.165, 1.54) is 40.6 Å². The van der Waals surface area contributed by atoms with Crippen LogP contribution in [-0.2, 0) is 14.4 Å². The summed E-state index contributed by atoms with van der Waals surface area (Å²) < 4.78 is 21.0. The van der Waals surface area contributed by atoms with Crippen molar-refractivity contribution in [3.63, 3.8) is 0 Å². The molecule has 0 heterocycles. The van der Waals surface area contributed by atoms with E-state index in [4.69, 9.17) is 18.9 Å². The summed E-state index contributed by atoms with van der Waals surface area (Å²) >= 11 is 0. The van der Waals surface area contributed by atoms with E-state index in [0.717, 1.165) is 36.8 Å². The van der Waals surface area contributed by atoms with Gasteiger partial charge in [-0.25, -0.2) is 0 Å². The molecule has 0 atom stereocenters. The first-order valence-corrected chi connectivity index (χ1v) is 12.9. The molecule has 1 fully saturated rings. The van der Waals surface area contributed by atoms with Crippen molar-refractivity contribution in [3.05, 3.63) is 71.5 Å². The molecule has 1 aliphatic rings. The topological polar surface area (TPSA) is 100 Å². The lowest BCUT2D eigenvalue weighted by Crippen LogP contribution is -2.30. The third kappa shape index (κ3) is 9.48. The first-order valence-electron chi connectivity index (χ1n) is 12.9. The van der Waals surface area contributed by atoms with Crippen molar-refractivity contribution < 1.29 is 33.3 Å². The third-order valence-corrected chi connectivity index (χ3v) is 6.05. The van der Waals surface area contributed by atoms with Crippen molar-refractivity contribution in [1.82, 2.24) is 5.32 Å². The van der Waals surface area contributed by atoms with E-state index in [1.807, 2.05) is 18.2 Å². The van der Waals surface area contributed by atoms with Crippen LogP contribution in [0, 0.1) is 0 Å². The molecule has 0 spiro atoms. The molecule has 0 aromatic heterocycles. The van der Waals surface area contributed by atoms with Gasteiger partial charge >= 0.3 is 11.9 Å². The second-order valence-corrected chi connectivity index (χ2v) is 9.16. The minimum Gasteiger partial charge on any atom is -0.493 e. The summed E-state index contributed by atoms with van der Waals surface area (Å²) in [6.07, 6.45) is 14.1. The third-order valence-electron chi connectivity index (χ3n) is 6.05. The summed E-state index contributed by atoms with van der Waals surface area (Å²) in [6, 6.07) is 10.6. The van der Waals surface area contributed by atoms with Crippen LogP contribution in [0.1, 0.15) is 57.1 Å². The summed E-state index contributed by atoms with van der Waals surface area (Å²) in [5.74, 6) is 0.431. The maximum Gasteiger partial charge on any atom is 0.308 e. The van der Waals surface area contributed by atoms with Crippen LogP contribution in [-0.4, -0.2) is 38.0 Å². The molecule has 206 valence electrons. The predicted octanol–water partition coefficient (Wildman–Crippen LogP) is 5.66. The maximum atomic E-state index is 12.9. The average molecular weight is 534 g/mol. The number of carbonyl (C=O) groups is 3. The zero-order chi connectivity index (χ0) is 28.2. The largest absolute Gasteiger partial charge is 0.493 e. The summed E-state index contributed by atoms with van der Waals surface area (Å²) in [5, 5.41) is 3.52. The summed E-state index contributed by atoms with van der Waals surface area (Å²) in [5.41, 5.74) is 2.24. The quantitative estimate of drug-likeness (QED) is 0.171. The lowest BCUT2D eigenvalue weighted by molar-refractivity contribution is -0.132. The summed E-state index contributed by atoms with van der Waals surface area (Å²) in [7, 11) is 3.00. The molecule has 1 aliphatic carbocycles. The fourth-order valence-corrected chi connectivity index (χ4v) is 4.24. The first kappa shape index (κ1) is 29.2. The Morgan fingerprint density at radius 2 is 1.26 bits per heavy atom. The van der Waals surface area contributed by atoms with Crippen molar-refractivity contribution in [2.75, 3.05) is 14.2 Å². The van der Waals surface area contributed by atoms with E-state index < -0.39 is 11.9 Å². The number of methoxy groups -OCH3 is 2. The lowest BCUT2D eigenvalue weighted by Gasteiger charge is -2.24. The van der Waals surface area contributed by atoms with Crippen molar-refractivity contribution in [2.45, 2.75) is 52.0 Å². The number of allylic oxidation sites excluding steroid dienone is 3. The van der Waals surface area contributed by atoms with Crippen LogP contribution in [0.5, 0.6) is 23.0 Å². The Hall–Kier alpha value is -4.33. The number of esters is 2. The van der Waals surface area contributed by atoms with Gasteiger partial charge in [0.05, 0.1) is 14.2 Å². The number of carbonyl (C=O) groups excluding carboxylic acids is 3. The van der Waals surface area contributed by atoms with Crippen LogP contribution in [0.25, 0.3) is 12.2 Å². The fraction of sp³-hybridized carbons (Fsp3) is 0.323. The maximum absolute atomic E-state index is 12.9. The lowest BCUT2D eigenvalue weighted by atomic mass is 9.95. The zero-order valence-electron chi connectivity index (χ0n) is 22.8. The average Bonchev–Trinajstić information content (AvgIpc) is 2.91. The molecular formula is C31H35NO7.